The number of nitrogens with zero attached hydrogens (tertiary/aromatic N) is 2. The van der Waals surface area contributed by atoms with Crippen LogP contribution in [0.2, 0.25) is 0 Å². The van der Waals surface area contributed by atoms with Crippen LogP contribution in [0.25, 0.3) is 0 Å². The number of ether oxygens (including phenoxy) is 1. The van der Waals surface area contributed by atoms with Gasteiger partial charge in [0.1, 0.15) is 0 Å². The van der Waals surface area contributed by atoms with Gasteiger partial charge in [-0.1, -0.05) is 6.92 Å². The van der Waals surface area contributed by atoms with Gasteiger partial charge in [0.15, 0.2) is 0 Å². The molecule has 1 fully saturated rings. The molecule has 0 aromatic rings. The van der Waals surface area contributed by atoms with Gasteiger partial charge in [-0.25, -0.2) is 0 Å². The van der Waals surface area contributed by atoms with Crippen molar-refractivity contribution in [3.63, 3.8) is 0 Å². The Morgan fingerprint density at radius 1 is 1.39 bits per heavy atom. The standard InChI is InChI=1S/C14H31N3O/c1-5-8-15-13(12-18-4)11-17(3)14-6-9-16(2)10-7-14/h13-15H,5-12H2,1-4H3. The normalized spacial score (nSPS) is 20.5. The molecule has 1 unspecified atom stereocenters. The van der Waals surface area contributed by atoms with E-state index in [4.69, 9.17) is 4.74 Å². The number of methoxy groups -OCH3 is 1. The summed E-state index contributed by atoms with van der Waals surface area (Å²) in [6.45, 7) is 7.63. The third kappa shape index (κ3) is 5.65. The summed E-state index contributed by atoms with van der Waals surface area (Å²) in [5.74, 6) is 0. The average molecular weight is 257 g/mol. The fourth-order valence-electron chi connectivity index (χ4n) is 2.66. The van der Waals surface area contributed by atoms with Gasteiger partial charge in [0.25, 0.3) is 0 Å². The molecule has 0 aromatic heterocycles. The molecule has 4 heteroatoms. The van der Waals surface area contributed by atoms with E-state index in [0.717, 1.165) is 25.7 Å². The van der Waals surface area contributed by atoms with Crippen LogP contribution in [0, 0.1) is 0 Å². The zero-order chi connectivity index (χ0) is 13.4. The first kappa shape index (κ1) is 15.9. The van der Waals surface area contributed by atoms with Gasteiger partial charge in [0.05, 0.1) is 6.61 Å². The molecule has 0 aliphatic carbocycles. The minimum Gasteiger partial charge on any atom is -0.383 e. The van der Waals surface area contributed by atoms with Crippen molar-refractivity contribution in [3.05, 3.63) is 0 Å². The average Bonchev–Trinajstić information content (AvgIpc) is 2.37. The van der Waals surface area contributed by atoms with Crippen LogP contribution in [-0.2, 0) is 4.74 Å². The summed E-state index contributed by atoms with van der Waals surface area (Å²) in [7, 11) is 6.26. The van der Waals surface area contributed by atoms with Crippen molar-refractivity contribution >= 4 is 0 Å². The fraction of sp³-hybridized carbons (Fsp3) is 1.00. The molecule has 0 amide bonds. The number of rotatable bonds is 8. The Bertz CT molecular complexity index is 205. The van der Waals surface area contributed by atoms with Crippen LogP contribution in [0.4, 0.5) is 0 Å². The van der Waals surface area contributed by atoms with Crippen molar-refractivity contribution in [1.82, 2.24) is 15.1 Å². The number of likely N-dealkylation sites (tertiary alicyclic amines) is 1. The summed E-state index contributed by atoms with van der Waals surface area (Å²) in [4.78, 5) is 4.94. The van der Waals surface area contributed by atoms with E-state index >= 15 is 0 Å². The second-order valence-corrected chi connectivity index (χ2v) is 5.58. The highest BCUT2D eigenvalue weighted by atomic mass is 16.5. The van der Waals surface area contributed by atoms with Crippen molar-refractivity contribution in [1.29, 1.82) is 0 Å². The van der Waals surface area contributed by atoms with Crippen LogP contribution in [0.5, 0.6) is 0 Å². The first-order valence-corrected chi connectivity index (χ1v) is 7.28. The quantitative estimate of drug-likeness (QED) is 0.703. The van der Waals surface area contributed by atoms with Crippen molar-refractivity contribution < 1.29 is 4.74 Å². The lowest BCUT2D eigenvalue weighted by Gasteiger charge is -2.36. The first-order valence-electron chi connectivity index (χ1n) is 7.28. The summed E-state index contributed by atoms with van der Waals surface area (Å²) >= 11 is 0. The summed E-state index contributed by atoms with van der Waals surface area (Å²) in [6.07, 6.45) is 3.76. The van der Waals surface area contributed by atoms with Crippen LogP contribution in [0.1, 0.15) is 26.2 Å². The summed E-state index contributed by atoms with van der Waals surface area (Å²) < 4.78 is 5.31. The highest BCUT2D eigenvalue weighted by molar-refractivity contribution is 4.80. The molecule has 1 saturated heterocycles. The molecular weight excluding hydrogens is 226 g/mol. The minimum absolute atomic E-state index is 0.458. The number of hydrogen-bond acceptors (Lipinski definition) is 4. The molecular formula is C14H31N3O. The van der Waals surface area contributed by atoms with E-state index in [1.807, 2.05) is 0 Å². The van der Waals surface area contributed by atoms with Gasteiger partial charge in [-0.3, -0.25) is 0 Å². The molecule has 0 saturated carbocycles. The largest absolute Gasteiger partial charge is 0.383 e. The lowest BCUT2D eigenvalue weighted by molar-refractivity contribution is 0.105. The monoisotopic (exact) mass is 257 g/mol. The van der Waals surface area contributed by atoms with E-state index in [2.05, 4.69) is 36.1 Å². The van der Waals surface area contributed by atoms with Crippen molar-refractivity contribution in [2.45, 2.75) is 38.3 Å². The Hall–Kier alpha value is -0.160. The molecule has 1 aliphatic rings. The SMILES string of the molecule is CCCNC(COC)CN(C)C1CCN(C)CC1. The zero-order valence-corrected chi connectivity index (χ0v) is 12.6. The molecule has 108 valence electrons. The number of nitrogens with one attached hydrogen (secondary N) is 1. The van der Waals surface area contributed by atoms with E-state index in [0.29, 0.717) is 6.04 Å². The molecule has 0 bridgehead atoms. The van der Waals surface area contributed by atoms with Gasteiger partial charge in [-0.05, 0) is 53.0 Å². The Morgan fingerprint density at radius 2 is 2.06 bits per heavy atom. The van der Waals surface area contributed by atoms with E-state index in [1.54, 1.807) is 7.11 Å². The van der Waals surface area contributed by atoms with Crippen LogP contribution < -0.4 is 5.32 Å². The third-order valence-electron chi connectivity index (χ3n) is 3.87. The van der Waals surface area contributed by atoms with Gasteiger partial charge in [0, 0.05) is 25.7 Å². The molecule has 0 radical (unpaired) electrons. The summed E-state index contributed by atoms with van der Waals surface area (Å²) in [5.41, 5.74) is 0. The van der Waals surface area contributed by atoms with Gasteiger partial charge < -0.3 is 19.9 Å². The lowest BCUT2D eigenvalue weighted by Crippen LogP contribution is -2.48. The predicted octanol–water partition coefficient (Wildman–Crippen LogP) is 1.03. The van der Waals surface area contributed by atoms with Crippen LogP contribution in [-0.4, -0.2) is 75.9 Å². The van der Waals surface area contributed by atoms with E-state index in [1.165, 1.54) is 32.4 Å². The van der Waals surface area contributed by atoms with Crippen LogP contribution in [0.3, 0.4) is 0 Å². The lowest BCUT2D eigenvalue weighted by atomic mass is 10.0. The fourth-order valence-corrected chi connectivity index (χ4v) is 2.66. The van der Waals surface area contributed by atoms with Gasteiger partial charge in [-0.2, -0.15) is 0 Å². The zero-order valence-electron chi connectivity index (χ0n) is 12.6. The van der Waals surface area contributed by atoms with Crippen molar-refractivity contribution in [2.75, 3.05) is 54.0 Å². The molecule has 0 aromatic carbocycles. The second kappa shape index (κ2) is 8.86. The molecule has 1 rings (SSSR count). The molecule has 0 spiro atoms. The topological polar surface area (TPSA) is 27.7 Å². The third-order valence-corrected chi connectivity index (χ3v) is 3.87. The summed E-state index contributed by atoms with van der Waals surface area (Å²) in [5, 5.41) is 3.57. The summed E-state index contributed by atoms with van der Waals surface area (Å²) in [6, 6.07) is 1.20. The molecule has 1 heterocycles. The van der Waals surface area contributed by atoms with E-state index < -0.39 is 0 Å². The Labute approximate surface area is 113 Å². The van der Waals surface area contributed by atoms with E-state index in [-0.39, 0.29) is 0 Å². The second-order valence-electron chi connectivity index (χ2n) is 5.58. The maximum Gasteiger partial charge on any atom is 0.0628 e. The van der Waals surface area contributed by atoms with Crippen molar-refractivity contribution in [3.8, 4) is 0 Å². The Kier molecular flexibility index (Phi) is 7.82. The van der Waals surface area contributed by atoms with Crippen LogP contribution in [0.15, 0.2) is 0 Å². The highest BCUT2D eigenvalue weighted by Crippen LogP contribution is 2.14. The maximum atomic E-state index is 5.31. The minimum atomic E-state index is 0.458. The molecule has 1 atom stereocenters. The van der Waals surface area contributed by atoms with Gasteiger partial charge in [0.2, 0.25) is 0 Å². The van der Waals surface area contributed by atoms with Gasteiger partial charge in [-0.15, -0.1) is 0 Å². The smallest absolute Gasteiger partial charge is 0.0628 e. The van der Waals surface area contributed by atoms with E-state index in [9.17, 15) is 0 Å². The predicted molar refractivity (Wildman–Crippen MR) is 77.1 cm³/mol. The molecule has 4 nitrogen and oxygen atoms in total. The molecule has 1 aliphatic heterocycles. The highest BCUT2D eigenvalue weighted by Gasteiger charge is 2.22. The number of likely N-dealkylation sites (N-methyl/N-ethyl adjacent to an activating group) is 1. The molecule has 18 heavy (non-hydrogen) atoms. The van der Waals surface area contributed by atoms with Crippen molar-refractivity contribution in [2.24, 2.45) is 0 Å². The Morgan fingerprint density at radius 3 is 2.61 bits per heavy atom. The van der Waals surface area contributed by atoms with Crippen LogP contribution >= 0.6 is 0 Å². The number of piperidine rings is 1. The maximum absolute atomic E-state index is 5.31. The Balaban J connectivity index is 2.32. The molecule has 1 N–H and O–H groups in total. The first-order chi connectivity index (χ1) is 8.67. The number of hydrogen-bond donors (Lipinski definition) is 1. The van der Waals surface area contributed by atoms with Gasteiger partial charge >= 0.3 is 0 Å².